The fourth-order valence-electron chi connectivity index (χ4n) is 2.58. The van der Waals surface area contributed by atoms with Crippen LogP contribution in [0.4, 0.5) is 4.79 Å². The molecule has 6 nitrogen and oxygen atoms in total. The average Bonchev–Trinajstić information content (AvgIpc) is 2.85. The highest BCUT2D eigenvalue weighted by Crippen LogP contribution is 2.26. The SMILES string of the molecule is COCC1CCN(C(=O)NCCC(C)(C)CCC(=O)O)C1. The topological polar surface area (TPSA) is 78.9 Å². The van der Waals surface area contributed by atoms with E-state index >= 15 is 0 Å². The Bertz CT molecular complexity index is 358. The number of nitrogens with one attached hydrogen (secondary N) is 1. The van der Waals surface area contributed by atoms with Crippen LogP contribution in [0.15, 0.2) is 0 Å². The summed E-state index contributed by atoms with van der Waals surface area (Å²) in [7, 11) is 1.68. The summed E-state index contributed by atoms with van der Waals surface area (Å²) in [6, 6.07) is -0.0253. The lowest BCUT2D eigenvalue weighted by Crippen LogP contribution is -2.40. The van der Waals surface area contributed by atoms with Crippen molar-refractivity contribution in [1.82, 2.24) is 10.2 Å². The third-order valence-corrected chi connectivity index (χ3v) is 4.07. The highest BCUT2D eigenvalue weighted by molar-refractivity contribution is 5.74. The van der Waals surface area contributed by atoms with Crippen molar-refractivity contribution in [3.63, 3.8) is 0 Å². The van der Waals surface area contributed by atoms with Crippen LogP contribution in [0.25, 0.3) is 0 Å². The van der Waals surface area contributed by atoms with Crippen LogP contribution in [0.5, 0.6) is 0 Å². The smallest absolute Gasteiger partial charge is 0.317 e. The number of hydrogen-bond acceptors (Lipinski definition) is 3. The number of methoxy groups -OCH3 is 1. The molecule has 1 unspecified atom stereocenters. The van der Waals surface area contributed by atoms with Gasteiger partial charge < -0.3 is 20.1 Å². The van der Waals surface area contributed by atoms with Crippen molar-refractivity contribution in [3.05, 3.63) is 0 Å². The fourth-order valence-corrected chi connectivity index (χ4v) is 2.58. The molecule has 122 valence electrons. The molecule has 6 heteroatoms. The van der Waals surface area contributed by atoms with E-state index in [0.717, 1.165) is 25.9 Å². The summed E-state index contributed by atoms with van der Waals surface area (Å²) in [5.74, 6) is -0.332. The van der Waals surface area contributed by atoms with Gasteiger partial charge in [-0.15, -0.1) is 0 Å². The van der Waals surface area contributed by atoms with Gasteiger partial charge in [0.15, 0.2) is 0 Å². The first-order chi connectivity index (χ1) is 9.84. The molecule has 1 rings (SSSR count). The molecule has 1 heterocycles. The zero-order valence-corrected chi connectivity index (χ0v) is 13.4. The summed E-state index contributed by atoms with van der Waals surface area (Å²) in [6.45, 7) is 6.88. The van der Waals surface area contributed by atoms with Gasteiger partial charge in [0, 0.05) is 39.1 Å². The number of carboxylic acids is 1. The molecule has 0 radical (unpaired) electrons. The maximum Gasteiger partial charge on any atom is 0.317 e. The van der Waals surface area contributed by atoms with Crippen molar-refractivity contribution < 1.29 is 19.4 Å². The number of likely N-dealkylation sites (tertiary alicyclic amines) is 1. The number of aliphatic carboxylic acids is 1. The Kier molecular flexibility index (Phi) is 6.95. The first kappa shape index (κ1) is 17.8. The van der Waals surface area contributed by atoms with Crippen LogP contribution >= 0.6 is 0 Å². The molecule has 0 aromatic rings. The van der Waals surface area contributed by atoms with E-state index in [0.29, 0.717) is 25.5 Å². The lowest BCUT2D eigenvalue weighted by molar-refractivity contribution is -0.137. The number of ether oxygens (including phenoxy) is 1. The number of hydrogen-bond donors (Lipinski definition) is 2. The Labute approximate surface area is 126 Å². The average molecular weight is 300 g/mol. The van der Waals surface area contributed by atoms with Gasteiger partial charge in [0.2, 0.25) is 0 Å². The molecule has 2 amide bonds. The minimum atomic E-state index is -0.770. The predicted octanol–water partition coefficient (Wildman–Crippen LogP) is 1.95. The Morgan fingerprint density at radius 1 is 1.38 bits per heavy atom. The van der Waals surface area contributed by atoms with Gasteiger partial charge in [-0.05, 0) is 24.7 Å². The molecule has 1 aliphatic heterocycles. The summed E-state index contributed by atoms with van der Waals surface area (Å²) in [4.78, 5) is 24.5. The standard InChI is InChI=1S/C15H28N2O4/c1-15(2,6-4-13(18)19)7-8-16-14(20)17-9-5-12(10-17)11-21-3/h12H,4-11H2,1-3H3,(H,16,20)(H,18,19). The fraction of sp³-hybridized carbons (Fsp3) is 0.867. The largest absolute Gasteiger partial charge is 0.481 e. The molecule has 0 aromatic carbocycles. The quantitative estimate of drug-likeness (QED) is 0.718. The van der Waals surface area contributed by atoms with E-state index in [1.54, 1.807) is 7.11 Å². The third kappa shape index (κ3) is 6.80. The monoisotopic (exact) mass is 300 g/mol. The van der Waals surface area contributed by atoms with E-state index in [9.17, 15) is 9.59 Å². The molecule has 1 fully saturated rings. The molecular formula is C15H28N2O4. The van der Waals surface area contributed by atoms with Crippen molar-refractivity contribution in [3.8, 4) is 0 Å². The number of nitrogens with zero attached hydrogens (tertiary/aromatic N) is 1. The van der Waals surface area contributed by atoms with Crippen LogP contribution in [0.1, 0.15) is 39.5 Å². The van der Waals surface area contributed by atoms with Crippen LogP contribution in [0.3, 0.4) is 0 Å². The highest BCUT2D eigenvalue weighted by atomic mass is 16.5. The molecule has 1 saturated heterocycles. The van der Waals surface area contributed by atoms with Gasteiger partial charge in [-0.3, -0.25) is 4.79 Å². The lowest BCUT2D eigenvalue weighted by atomic mass is 9.84. The number of carbonyl (C=O) groups is 2. The lowest BCUT2D eigenvalue weighted by Gasteiger charge is -2.25. The number of carboxylic acid groups (broad SMARTS) is 1. The van der Waals surface area contributed by atoms with E-state index in [4.69, 9.17) is 9.84 Å². The van der Waals surface area contributed by atoms with Crippen molar-refractivity contribution in [2.45, 2.75) is 39.5 Å². The molecule has 1 atom stereocenters. The Morgan fingerprint density at radius 2 is 2.10 bits per heavy atom. The molecule has 0 spiro atoms. The van der Waals surface area contributed by atoms with Gasteiger partial charge in [-0.25, -0.2) is 4.79 Å². The summed E-state index contributed by atoms with van der Waals surface area (Å²) in [5, 5.41) is 11.6. The van der Waals surface area contributed by atoms with E-state index in [-0.39, 0.29) is 17.9 Å². The number of rotatable bonds is 8. The normalized spacial score (nSPS) is 18.8. The Hall–Kier alpha value is -1.30. The maximum atomic E-state index is 12.0. The summed E-state index contributed by atoms with van der Waals surface area (Å²) in [6.07, 6.45) is 2.57. The number of carbonyl (C=O) groups excluding carboxylic acids is 1. The minimum absolute atomic E-state index is 0.0253. The van der Waals surface area contributed by atoms with Gasteiger partial charge in [0.1, 0.15) is 0 Å². The predicted molar refractivity (Wildman–Crippen MR) is 80.2 cm³/mol. The van der Waals surface area contributed by atoms with Crippen molar-refractivity contribution in [1.29, 1.82) is 0 Å². The molecule has 2 N–H and O–H groups in total. The van der Waals surface area contributed by atoms with Gasteiger partial charge >= 0.3 is 12.0 Å². The molecule has 1 aliphatic rings. The van der Waals surface area contributed by atoms with Crippen LogP contribution < -0.4 is 5.32 Å². The summed E-state index contributed by atoms with van der Waals surface area (Å²) >= 11 is 0. The second-order valence-electron chi connectivity index (χ2n) is 6.60. The van der Waals surface area contributed by atoms with Crippen LogP contribution in [0.2, 0.25) is 0 Å². The summed E-state index contributed by atoms with van der Waals surface area (Å²) < 4.78 is 5.12. The van der Waals surface area contributed by atoms with Gasteiger partial charge in [-0.1, -0.05) is 13.8 Å². The first-order valence-corrected chi connectivity index (χ1v) is 7.57. The maximum absolute atomic E-state index is 12.0. The Balaban J connectivity index is 2.23. The van der Waals surface area contributed by atoms with Crippen molar-refractivity contribution >= 4 is 12.0 Å². The van der Waals surface area contributed by atoms with Gasteiger partial charge in [-0.2, -0.15) is 0 Å². The molecule has 0 saturated carbocycles. The second-order valence-corrected chi connectivity index (χ2v) is 6.60. The molecule has 0 aliphatic carbocycles. The second kappa shape index (κ2) is 8.22. The van der Waals surface area contributed by atoms with E-state index in [2.05, 4.69) is 5.32 Å². The van der Waals surface area contributed by atoms with Crippen molar-refractivity contribution in [2.24, 2.45) is 11.3 Å². The summed E-state index contributed by atoms with van der Waals surface area (Å²) in [5.41, 5.74) is -0.0741. The van der Waals surface area contributed by atoms with Gasteiger partial charge in [0.05, 0.1) is 6.61 Å². The van der Waals surface area contributed by atoms with E-state index < -0.39 is 5.97 Å². The number of urea groups is 1. The highest BCUT2D eigenvalue weighted by Gasteiger charge is 2.26. The van der Waals surface area contributed by atoms with Crippen LogP contribution in [0, 0.1) is 11.3 Å². The van der Waals surface area contributed by atoms with E-state index in [1.165, 1.54) is 0 Å². The van der Waals surface area contributed by atoms with Crippen LogP contribution in [-0.2, 0) is 9.53 Å². The molecular weight excluding hydrogens is 272 g/mol. The van der Waals surface area contributed by atoms with Crippen molar-refractivity contribution in [2.75, 3.05) is 33.4 Å². The van der Waals surface area contributed by atoms with E-state index in [1.807, 2.05) is 18.7 Å². The first-order valence-electron chi connectivity index (χ1n) is 7.57. The molecule has 21 heavy (non-hydrogen) atoms. The Morgan fingerprint density at radius 3 is 2.71 bits per heavy atom. The van der Waals surface area contributed by atoms with Gasteiger partial charge in [0.25, 0.3) is 0 Å². The zero-order chi connectivity index (χ0) is 15.9. The third-order valence-electron chi connectivity index (χ3n) is 4.07. The molecule has 0 bridgehead atoms. The number of amides is 2. The zero-order valence-electron chi connectivity index (χ0n) is 13.4. The molecule has 0 aromatic heterocycles. The minimum Gasteiger partial charge on any atom is -0.481 e. The van der Waals surface area contributed by atoms with Crippen LogP contribution in [-0.4, -0.2) is 55.4 Å².